The summed E-state index contributed by atoms with van der Waals surface area (Å²) in [5.74, 6) is 0. The van der Waals surface area contributed by atoms with Gasteiger partial charge >= 0.3 is 14.2 Å². The van der Waals surface area contributed by atoms with E-state index in [0.29, 0.717) is 0 Å². The third kappa shape index (κ3) is 2.49. The lowest BCUT2D eigenvalue weighted by Crippen LogP contribution is -2.36. The van der Waals surface area contributed by atoms with Crippen LogP contribution in [0.25, 0.3) is 32.3 Å². The molecule has 0 fully saturated rings. The minimum atomic E-state index is -0.398. The fourth-order valence-corrected chi connectivity index (χ4v) is 3.96. The first-order chi connectivity index (χ1) is 12.7. The van der Waals surface area contributed by atoms with Crippen molar-refractivity contribution in [3.63, 3.8) is 0 Å². The first-order valence-electron chi connectivity index (χ1n) is 8.55. The molecule has 0 spiro atoms. The van der Waals surface area contributed by atoms with Crippen LogP contribution >= 0.6 is 0 Å². The van der Waals surface area contributed by atoms with Gasteiger partial charge in [0.15, 0.2) is 0 Å². The smallest absolute Gasteiger partial charge is 0.410 e. The van der Waals surface area contributed by atoms with Gasteiger partial charge in [-0.05, 0) is 43.2 Å². The van der Waals surface area contributed by atoms with E-state index in [1.807, 2.05) is 0 Å². The van der Waals surface area contributed by atoms with Gasteiger partial charge in [-0.3, -0.25) is 0 Å². The molecule has 0 amide bonds. The average molecular weight is 346 g/mol. The largest absolute Gasteiger partial charge is 0.494 e. The van der Waals surface area contributed by atoms with Crippen LogP contribution in [0.2, 0.25) is 0 Å². The Balaban J connectivity index is 2.12. The fraction of sp³-hybridized carbons (Fsp3) is 0.200. The molecule has 0 aromatic heterocycles. The average Bonchev–Trinajstić information content (AvgIpc) is 2.69. The normalized spacial score (nSPS) is 11.7. The maximum absolute atomic E-state index is 5.51. The minimum Gasteiger partial charge on any atom is -0.410 e. The Morgan fingerprint density at radius 3 is 1.19 bits per heavy atom. The van der Waals surface area contributed by atoms with Crippen LogP contribution in [0.1, 0.15) is 0 Å². The van der Waals surface area contributed by atoms with Crippen LogP contribution in [-0.4, -0.2) is 42.7 Å². The van der Waals surface area contributed by atoms with Crippen molar-refractivity contribution in [3.8, 4) is 0 Å². The molecule has 0 radical (unpaired) electrons. The molecular formula is C20H20B2O4. The van der Waals surface area contributed by atoms with E-state index in [1.165, 1.54) is 21.5 Å². The van der Waals surface area contributed by atoms with Crippen molar-refractivity contribution in [1.29, 1.82) is 0 Å². The Morgan fingerprint density at radius 2 is 0.846 bits per heavy atom. The van der Waals surface area contributed by atoms with Gasteiger partial charge in [0.05, 0.1) is 0 Å². The van der Waals surface area contributed by atoms with E-state index in [0.717, 1.165) is 21.7 Å². The maximum Gasteiger partial charge on any atom is 0.494 e. The molecule has 4 nitrogen and oxygen atoms in total. The second-order valence-corrected chi connectivity index (χ2v) is 6.34. The monoisotopic (exact) mass is 346 g/mol. The summed E-state index contributed by atoms with van der Waals surface area (Å²) >= 11 is 0. The van der Waals surface area contributed by atoms with Gasteiger partial charge in [-0.25, -0.2) is 0 Å². The summed E-state index contributed by atoms with van der Waals surface area (Å²) < 4.78 is 22.0. The molecule has 0 aliphatic heterocycles. The Hall–Kier alpha value is -2.11. The van der Waals surface area contributed by atoms with Gasteiger partial charge in [-0.1, -0.05) is 48.5 Å². The van der Waals surface area contributed by atoms with Crippen LogP contribution in [0, 0.1) is 0 Å². The summed E-state index contributed by atoms with van der Waals surface area (Å²) in [6.07, 6.45) is 0. The van der Waals surface area contributed by atoms with E-state index < -0.39 is 14.2 Å². The Kier molecular flexibility index (Phi) is 4.59. The van der Waals surface area contributed by atoms with Crippen molar-refractivity contribution in [2.75, 3.05) is 28.4 Å². The molecule has 0 atom stereocenters. The van der Waals surface area contributed by atoms with Crippen LogP contribution in [0.5, 0.6) is 0 Å². The minimum absolute atomic E-state index is 0.398. The molecule has 4 rings (SSSR count). The number of hydrogen-bond donors (Lipinski definition) is 0. The summed E-state index contributed by atoms with van der Waals surface area (Å²) in [5.41, 5.74) is 2.05. The van der Waals surface area contributed by atoms with E-state index in [1.54, 1.807) is 28.4 Å². The zero-order valence-electron chi connectivity index (χ0n) is 15.4. The fourth-order valence-electron chi connectivity index (χ4n) is 3.96. The highest BCUT2D eigenvalue weighted by Gasteiger charge is 2.25. The van der Waals surface area contributed by atoms with E-state index >= 15 is 0 Å². The van der Waals surface area contributed by atoms with Crippen molar-refractivity contribution in [2.45, 2.75) is 0 Å². The number of benzene rings is 4. The Morgan fingerprint density at radius 1 is 0.500 bits per heavy atom. The van der Waals surface area contributed by atoms with Gasteiger partial charge in [0.2, 0.25) is 0 Å². The predicted octanol–water partition coefficient (Wildman–Crippen LogP) is 2.56. The van der Waals surface area contributed by atoms with E-state index in [4.69, 9.17) is 18.6 Å². The van der Waals surface area contributed by atoms with Crippen LogP contribution in [0.4, 0.5) is 0 Å². The van der Waals surface area contributed by atoms with Crippen molar-refractivity contribution < 1.29 is 18.6 Å². The van der Waals surface area contributed by atoms with E-state index in [2.05, 4.69) is 48.5 Å². The molecule has 0 saturated heterocycles. The molecule has 0 aliphatic rings. The highest BCUT2D eigenvalue weighted by atomic mass is 16.6. The van der Waals surface area contributed by atoms with Crippen molar-refractivity contribution in [2.24, 2.45) is 0 Å². The van der Waals surface area contributed by atoms with Crippen molar-refractivity contribution in [3.05, 3.63) is 48.5 Å². The summed E-state index contributed by atoms with van der Waals surface area (Å²) in [7, 11) is 5.84. The molecule has 4 aromatic rings. The molecule has 0 aliphatic carbocycles. The first-order valence-corrected chi connectivity index (χ1v) is 8.55. The van der Waals surface area contributed by atoms with E-state index in [9.17, 15) is 0 Å². The topological polar surface area (TPSA) is 36.9 Å². The molecule has 0 heterocycles. The lowest BCUT2D eigenvalue weighted by Gasteiger charge is -2.18. The number of hydrogen-bond acceptors (Lipinski definition) is 4. The van der Waals surface area contributed by atoms with Gasteiger partial charge in [0.1, 0.15) is 0 Å². The maximum atomic E-state index is 5.51. The highest BCUT2D eigenvalue weighted by Crippen LogP contribution is 2.33. The molecule has 26 heavy (non-hydrogen) atoms. The molecule has 0 unspecified atom stereocenters. The van der Waals surface area contributed by atoms with Gasteiger partial charge < -0.3 is 18.6 Å². The summed E-state index contributed by atoms with van der Waals surface area (Å²) in [5, 5.41) is 7.08. The molecule has 130 valence electrons. The summed E-state index contributed by atoms with van der Waals surface area (Å²) in [6.45, 7) is 0. The zero-order valence-corrected chi connectivity index (χ0v) is 15.4. The zero-order chi connectivity index (χ0) is 18.3. The van der Waals surface area contributed by atoms with Crippen LogP contribution < -0.4 is 10.9 Å². The first kappa shape index (κ1) is 17.3. The summed E-state index contributed by atoms with van der Waals surface area (Å²) in [6, 6.07) is 17.0. The molecule has 0 saturated carbocycles. The van der Waals surface area contributed by atoms with Crippen LogP contribution in [0.3, 0.4) is 0 Å². The second kappa shape index (κ2) is 6.89. The molecule has 4 aromatic carbocycles. The van der Waals surface area contributed by atoms with Gasteiger partial charge in [0, 0.05) is 28.4 Å². The summed E-state index contributed by atoms with van der Waals surface area (Å²) in [4.78, 5) is 0. The molecular weight excluding hydrogens is 326 g/mol. The third-order valence-corrected chi connectivity index (χ3v) is 5.10. The van der Waals surface area contributed by atoms with Crippen molar-refractivity contribution in [1.82, 2.24) is 0 Å². The standard InChI is InChI=1S/C20H20B2O4/c1-23-21(24-2)17-11-7-13-6-10-16-18(22(25-3)26-4)12-8-14-5-9-15(17)19(13)20(14)16/h5-12H,1-4H3. The van der Waals surface area contributed by atoms with Gasteiger partial charge in [-0.2, -0.15) is 0 Å². The lowest BCUT2D eigenvalue weighted by atomic mass is 9.72. The quantitative estimate of drug-likeness (QED) is 0.397. The SMILES string of the molecule is COB(OC)c1ccc2ccc3c(B(OC)OC)ccc4ccc1c2c43. The second-order valence-electron chi connectivity index (χ2n) is 6.34. The van der Waals surface area contributed by atoms with E-state index in [-0.39, 0.29) is 0 Å². The molecule has 0 N–H and O–H groups in total. The predicted molar refractivity (Wildman–Crippen MR) is 109 cm³/mol. The van der Waals surface area contributed by atoms with Gasteiger partial charge in [-0.15, -0.1) is 0 Å². The third-order valence-electron chi connectivity index (χ3n) is 5.10. The van der Waals surface area contributed by atoms with Gasteiger partial charge in [0.25, 0.3) is 0 Å². The highest BCUT2D eigenvalue weighted by molar-refractivity contribution is 6.66. The Labute approximate surface area is 153 Å². The Bertz CT molecular complexity index is 972. The van der Waals surface area contributed by atoms with Crippen molar-refractivity contribution >= 4 is 57.5 Å². The molecule has 6 heteroatoms. The molecule has 0 bridgehead atoms. The number of rotatable bonds is 6. The lowest BCUT2D eigenvalue weighted by molar-refractivity contribution is 0.292. The van der Waals surface area contributed by atoms with Crippen LogP contribution in [-0.2, 0) is 18.6 Å². The van der Waals surface area contributed by atoms with Crippen LogP contribution in [0.15, 0.2) is 48.5 Å².